The average Bonchev–Trinajstić information content (AvgIpc) is 2.40. The molecule has 2 rings (SSSR count). The summed E-state index contributed by atoms with van der Waals surface area (Å²) in [4.78, 5) is 10.5. The van der Waals surface area contributed by atoms with Crippen LogP contribution in [-0.2, 0) is 9.47 Å². The zero-order chi connectivity index (χ0) is 13.0. The van der Waals surface area contributed by atoms with Crippen LogP contribution in [0.1, 0.15) is 11.9 Å². The highest BCUT2D eigenvalue weighted by Gasteiger charge is 2.18. The van der Waals surface area contributed by atoms with Crippen LogP contribution in [0.4, 0.5) is 5.82 Å². The second kappa shape index (κ2) is 6.29. The van der Waals surface area contributed by atoms with Crippen molar-refractivity contribution in [1.29, 1.82) is 0 Å². The second-order valence-electron chi connectivity index (χ2n) is 3.91. The molecular formula is C11H16ClN3O3. The van der Waals surface area contributed by atoms with Gasteiger partial charge in [0.25, 0.3) is 0 Å². The highest BCUT2D eigenvalue weighted by Crippen LogP contribution is 2.21. The summed E-state index contributed by atoms with van der Waals surface area (Å²) in [5, 5.41) is 9.53. The number of ether oxygens (including phenoxy) is 2. The van der Waals surface area contributed by atoms with Crippen molar-refractivity contribution < 1.29 is 14.6 Å². The summed E-state index contributed by atoms with van der Waals surface area (Å²) in [5.41, 5.74) is 0. The molecule has 1 aliphatic rings. The van der Waals surface area contributed by atoms with Gasteiger partial charge in [-0.1, -0.05) is 11.6 Å². The molecule has 18 heavy (non-hydrogen) atoms. The van der Waals surface area contributed by atoms with Crippen LogP contribution in [-0.4, -0.2) is 55.1 Å². The first-order chi connectivity index (χ1) is 8.74. The molecule has 1 atom stereocenters. The van der Waals surface area contributed by atoms with E-state index < -0.39 is 6.10 Å². The van der Waals surface area contributed by atoms with Gasteiger partial charge in [-0.25, -0.2) is 9.97 Å². The zero-order valence-electron chi connectivity index (χ0n) is 10.2. The van der Waals surface area contributed by atoms with E-state index in [1.165, 1.54) is 7.11 Å². The maximum atomic E-state index is 9.19. The molecule has 0 spiro atoms. The maximum absolute atomic E-state index is 9.19. The Balaban J connectivity index is 2.24. The van der Waals surface area contributed by atoms with E-state index in [0.717, 1.165) is 18.9 Å². The van der Waals surface area contributed by atoms with Gasteiger partial charge in [0.15, 0.2) is 5.82 Å². The van der Waals surface area contributed by atoms with Crippen molar-refractivity contribution in [2.24, 2.45) is 0 Å². The van der Waals surface area contributed by atoms with Gasteiger partial charge in [0, 0.05) is 26.3 Å². The van der Waals surface area contributed by atoms with Crippen LogP contribution >= 0.6 is 11.6 Å². The molecule has 1 aromatic rings. The summed E-state index contributed by atoms with van der Waals surface area (Å²) in [7, 11) is 1.50. The summed E-state index contributed by atoms with van der Waals surface area (Å²) in [6, 6.07) is 1.71. The average molecular weight is 274 g/mol. The minimum atomic E-state index is -0.552. The van der Waals surface area contributed by atoms with Gasteiger partial charge in [-0.05, 0) is 0 Å². The van der Waals surface area contributed by atoms with Crippen molar-refractivity contribution in [1.82, 2.24) is 9.97 Å². The van der Waals surface area contributed by atoms with E-state index in [-0.39, 0.29) is 6.61 Å². The molecule has 0 aliphatic carbocycles. The van der Waals surface area contributed by atoms with Gasteiger partial charge in [-0.3, -0.25) is 0 Å². The Morgan fingerprint density at radius 2 is 2.22 bits per heavy atom. The second-order valence-corrected chi connectivity index (χ2v) is 4.30. The van der Waals surface area contributed by atoms with Crippen molar-refractivity contribution in [2.75, 3.05) is 44.9 Å². The van der Waals surface area contributed by atoms with Crippen LogP contribution in [0.25, 0.3) is 0 Å². The number of morpholine rings is 1. The summed E-state index contributed by atoms with van der Waals surface area (Å²) in [5.74, 6) is 1.14. The molecule has 7 heteroatoms. The third kappa shape index (κ3) is 3.08. The molecule has 0 radical (unpaired) electrons. The first-order valence-corrected chi connectivity index (χ1v) is 6.13. The molecule has 1 saturated heterocycles. The van der Waals surface area contributed by atoms with E-state index in [2.05, 4.69) is 14.9 Å². The lowest BCUT2D eigenvalue weighted by Crippen LogP contribution is -2.37. The zero-order valence-corrected chi connectivity index (χ0v) is 10.9. The van der Waals surface area contributed by atoms with Crippen molar-refractivity contribution in [3.63, 3.8) is 0 Å². The number of aromatic nitrogens is 2. The number of hydrogen-bond acceptors (Lipinski definition) is 6. The molecule has 1 aliphatic heterocycles. The maximum Gasteiger partial charge on any atom is 0.163 e. The molecule has 1 unspecified atom stereocenters. The fraction of sp³-hybridized carbons (Fsp3) is 0.636. The fourth-order valence-corrected chi connectivity index (χ4v) is 1.97. The van der Waals surface area contributed by atoms with Crippen LogP contribution in [0.5, 0.6) is 0 Å². The summed E-state index contributed by atoms with van der Waals surface area (Å²) < 4.78 is 10.4. The fourth-order valence-electron chi connectivity index (χ4n) is 1.78. The van der Waals surface area contributed by atoms with E-state index in [9.17, 15) is 5.11 Å². The predicted molar refractivity (Wildman–Crippen MR) is 66.9 cm³/mol. The quantitative estimate of drug-likeness (QED) is 0.813. The first-order valence-electron chi connectivity index (χ1n) is 5.75. The van der Waals surface area contributed by atoms with Gasteiger partial charge in [0.05, 0.1) is 19.8 Å². The van der Waals surface area contributed by atoms with Gasteiger partial charge < -0.3 is 19.5 Å². The lowest BCUT2D eigenvalue weighted by atomic mass is 10.3. The predicted octanol–water partition coefficient (Wildman–Crippen LogP) is 0.646. The number of aliphatic hydroxyl groups excluding tert-OH is 1. The first kappa shape index (κ1) is 13.5. The lowest BCUT2D eigenvalue weighted by Gasteiger charge is -2.28. The van der Waals surface area contributed by atoms with Crippen molar-refractivity contribution in [3.8, 4) is 0 Å². The number of hydrogen-bond donors (Lipinski definition) is 1. The van der Waals surface area contributed by atoms with Gasteiger partial charge in [0.2, 0.25) is 0 Å². The number of halogens is 1. The SMILES string of the molecule is COC(CO)c1nc(Cl)cc(N2CCOCC2)n1. The van der Waals surface area contributed by atoms with Crippen LogP contribution < -0.4 is 4.90 Å². The van der Waals surface area contributed by atoms with E-state index in [4.69, 9.17) is 21.1 Å². The van der Waals surface area contributed by atoms with E-state index in [1.807, 2.05) is 0 Å². The largest absolute Gasteiger partial charge is 0.393 e. The van der Waals surface area contributed by atoms with Crippen molar-refractivity contribution in [2.45, 2.75) is 6.10 Å². The Kier molecular flexibility index (Phi) is 4.71. The minimum absolute atomic E-state index is 0.181. The molecular weight excluding hydrogens is 258 g/mol. The summed E-state index contributed by atoms with van der Waals surface area (Å²) in [6.45, 7) is 2.70. The Bertz CT molecular complexity index is 395. The number of anilines is 1. The molecule has 0 bridgehead atoms. The van der Waals surface area contributed by atoms with Gasteiger partial charge in [-0.2, -0.15) is 0 Å². The Morgan fingerprint density at radius 3 is 2.83 bits per heavy atom. The monoisotopic (exact) mass is 273 g/mol. The van der Waals surface area contributed by atoms with Crippen LogP contribution in [0, 0.1) is 0 Å². The molecule has 0 saturated carbocycles. The number of rotatable bonds is 4. The van der Waals surface area contributed by atoms with Crippen molar-refractivity contribution >= 4 is 17.4 Å². The summed E-state index contributed by atoms with van der Waals surface area (Å²) in [6.07, 6.45) is -0.552. The normalized spacial score (nSPS) is 17.8. The molecule has 0 amide bonds. The third-order valence-corrected chi connectivity index (χ3v) is 2.97. The van der Waals surface area contributed by atoms with Gasteiger partial charge in [0.1, 0.15) is 17.1 Å². The van der Waals surface area contributed by atoms with E-state index in [1.54, 1.807) is 6.07 Å². The Labute approximate surface area is 111 Å². The molecule has 0 aromatic carbocycles. The Hall–Kier alpha value is -0.950. The molecule has 1 aromatic heterocycles. The highest BCUT2D eigenvalue weighted by atomic mass is 35.5. The van der Waals surface area contributed by atoms with Crippen LogP contribution in [0.2, 0.25) is 5.15 Å². The molecule has 2 heterocycles. The number of methoxy groups -OCH3 is 1. The van der Waals surface area contributed by atoms with Crippen LogP contribution in [0.15, 0.2) is 6.07 Å². The molecule has 1 N–H and O–H groups in total. The van der Waals surface area contributed by atoms with Gasteiger partial charge >= 0.3 is 0 Å². The molecule has 6 nitrogen and oxygen atoms in total. The molecule has 100 valence electrons. The van der Waals surface area contributed by atoms with E-state index >= 15 is 0 Å². The molecule has 1 fully saturated rings. The summed E-state index contributed by atoms with van der Waals surface area (Å²) >= 11 is 5.98. The number of aliphatic hydroxyl groups is 1. The van der Waals surface area contributed by atoms with Crippen molar-refractivity contribution in [3.05, 3.63) is 17.0 Å². The third-order valence-electron chi connectivity index (χ3n) is 2.77. The van der Waals surface area contributed by atoms with Crippen LogP contribution in [0.3, 0.4) is 0 Å². The lowest BCUT2D eigenvalue weighted by molar-refractivity contribution is 0.0423. The minimum Gasteiger partial charge on any atom is -0.393 e. The topological polar surface area (TPSA) is 67.7 Å². The Morgan fingerprint density at radius 1 is 1.50 bits per heavy atom. The smallest absolute Gasteiger partial charge is 0.163 e. The number of nitrogens with zero attached hydrogens (tertiary/aromatic N) is 3. The van der Waals surface area contributed by atoms with E-state index in [0.29, 0.717) is 24.2 Å². The highest BCUT2D eigenvalue weighted by molar-refractivity contribution is 6.29. The standard InChI is InChI=1S/C11H16ClN3O3/c1-17-8(7-16)11-13-9(12)6-10(14-11)15-2-4-18-5-3-15/h6,8,16H,2-5,7H2,1H3. The van der Waals surface area contributed by atoms with Gasteiger partial charge in [-0.15, -0.1) is 0 Å².